The highest BCUT2D eigenvalue weighted by Gasteiger charge is 2.58. The summed E-state index contributed by atoms with van der Waals surface area (Å²) < 4.78 is 0. The van der Waals surface area contributed by atoms with Crippen LogP contribution in [0.2, 0.25) is 0 Å². The molecule has 0 radical (unpaired) electrons. The maximum absolute atomic E-state index is 11.6. The van der Waals surface area contributed by atoms with Crippen LogP contribution >= 0.6 is 0 Å². The van der Waals surface area contributed by atoms with Crippen molar-refractivity contribution in [2.75, 3.05) is 13.1 Å². The molecule has 1 saturated heterocycles. The third-order valence-corrected chi connectivity index (χ3v) is 4.21. The average molecular weight is 292 g/mol. The molecule has 1 fully saturated rings. The Kier molecular flexibility index (Phi) is 4.47. The second-order valence-electron chi connectivity index (χ2n) is 5.44. The predicted octanol–water partition coefficient (Wildman–Crippen LogP) is 1.62. The van der Waals surface area contributed by atoms with Crippen molar-refractivity contribution in [1.82, 2.24) is 10.2 Å². The van der Waals surface area contributed by atoms with E-state index in [2.05, 4.69) is 5.32 Å². The van der Waals surface area contributed by atoms with Gasteiger partial charge in [0, 0.05) is 19.0 Å². The summed E-state index contributed by atoms with van der Waals surface area (Å²) in [5.41, 5.74) is -0.186. The Hall–Kier alpha value is -2.08. The van der Waals surface area contributed by atoms with E-state index >= 15 is 0 Å². The van der Waals surface area contributed by atoms with Gasteiger partial charge in [0.25, 0.3) is 0 Å². The fraction of sp³-hybridized carbons (Fsp3) is 0.467. The van der Waals surface area contributed by atoms with Gasteiger partial charge in [-0.3, -0.25) is 4.90 Å². The van der Waals surface area contributed by atoms with Gasteiger partial charge in [0.05, 0.1) is 0 Å². The Morgan fingerprint density at radius 1 is 1.33 bits per heavy atom. The first kappa shape index (κ1) is 15.3. The molecule has 2 unspecified atom stereocenters. The largest absolute Gasteiger partial charge is 0.479 e. The van der Waals surface area contributed by atoms with Gasteiger partial charge in [0.15, 0.2) is 0 Å². The van der Waals surface area contributed by atoms with Crippen molar-refractivity contribution in [3.05, 3.63) is 35.9 Å². The quantitative estimate of drug-likeness (QED) is 0.693. The fourth-order valence-corrected chi connectivity index (χ4v) is 2.91. The molecule has 6 nitrogen and oxygen atoms in total. The molecule has 0 spiro atoms. The van der Waals surface area contributed by atoms with Gasteiger partial charge in [-0.2, -0.15) is 0 Å². The van der Waals surface area contributed by atoms with Crippen LogP contribution in [0.5, 0.6) is 0 Å². The summed E-state index contributed by atoms with van der Waals surface area (Å²) in [6.45, 7) is 3.15. The Balaban J connectivity index is 1.92. The van der Waals surface area contributed by atoms with Gasteiger partial charge in [-0.1, -0.05) is 37.3 Å². The molecule has 0 aliphatic carbocycles. The molecule has 2 atom stereocenters. The number of carboxylic acid groups (broad SMARTS) is 2. The maximum Gasteiger partial charge on any atom is 0.408 e. The van der Waals surface area contributed by atoms with E-state index in [1.165, 1.54) is 0 Å². The van der Waals surface area contributed by atoms with Crippen molar-refractivity contribution in [2.45, 2.75) is 25.4 Å². The molecule has 0 saturated carbocycles. The van der Waals surface area contributed by atoms with Crippen LogP contribution in [0.4, 0.5) is 4.79 Å². The first-order chi connectivity index (χ1) is 9.98. The second-order valence-corrected chi connectivity index (χ2v) is 5.44. The molecule has 0 aromatic heterocycles. The minimum absolute atomic E-state index is 0.176. The molecule has 1 aromatic rings. The molecular formula is C15H20N2O4. The summed E-state index contributed by atoms with van der Waals surface area (Å²) in [6.07, 6.45) is -0.901. The average Bonchev–Trinajstić information content (AvgIpc) is 2.44. The number of nitrogens with zero attached hydrogens (tertiary/aromatic N) is 1. The van der Waals surface area contributed by atoms with Gasteiger partial charge in [0.1, 0.15) is 5.54 Å². The molecule has 1 heterocycles. The van der Waals surface area contributed by atoms with E-state index in [4.69, 9.17) is 5.11 Å². The molecule has 1 amide bonds. The van der Waals surface area contributed by atoms with Crippen LogP contribution in [0.1, 0.15) is 18.9 Å². The minimum Gasteiger partial charge on any atom is -0.479 e. The highest BCUT2D eigenvalue weighted by molar-refractivity contribution is 5.86. The van der Waals surface area contributed by atoms with Crippen molar-refractivity contribution in [1.29, 1.82) is 0 Å². The zero-order chi connectivity index (χ0) is 15.5. The van der Waals surface area contributed by atoms with E-state index in [9.17, 15) is 14.7 Å². The highest BCUT2D eigenvalue weighted by Crippen LogP contribution is 2.39. The molecule has 2 rings (SSSR count). The summed E-state index contributed by atoms with van der Waals surface area (Å²) >= 11 is 0. The normalized spacial score (nSPS) is 24.4. The van der Waals surface area contributed by atoms with Crippen LogP contribution in [0.15, 0.2) is 30.3 Å². The highest BCUT2D eigenvalue weighted by atomic mass is 16.4. The Morgan fingerprint density at radius 3 is 2.52 bits per heavy atom. The SMILES string of the molecule is CC1CN(C(=O)O)C1(CCNCc1ccccc1)C(=O)O. The van der Waals surface area contributed by atoms with E-state index in [1.807, 2.05) is 30.3 Å². The van der Waals surface area contributed by atoms with Crippen LogP contribution in [-0.2, 0) is 11.3 Å². The number of hydrogen-bond acceptors (Lipinski definition) is 3. The Bertz CT molecular complexity index is 520. The Labute approximate surface area is 123 Å². The molecule has 1 aliphatic rings. The van der Waals surface area contributed by atoms with Crippen LogP contribution in [0.25, 0.3) is 0 Å². The number of aliphatic carboxylic acids is 1. The minimum atomic E-state index is -1.30. The van der Waals surface area contributed by atoms with E-state index < -0.39 is 17.6 Å². The number of amides is 1. The Morgan fingerprint density at radius 2 is 2.00 bits per heavy atom. The van der Waals surface area contributed by atoms with Gasteiger partial charge >= 0.3 is 12.1 Å². The van der Waals surface area contributed by atoms with Gasteiger partial charge in [-0.05, 0) is 18.5 Å². The van der Waals surface area contributed by atoms with E-state index in [0.717, 1.165) is 10.5 Å². The molecule has 3 N–H and O–H groups in total. The smallest absolute Gasteiger partial charge is 0.408 e. The number of carboxylic acids is 1. The second kappa shape index (κ2) is 6.13. The predicted molar refractivity (Wildman–Crippen MR) is 77.0 cm³/mol. The third-order valence-electron chi connectivity index (χ3n) is 4.21. The molecule has 21 heavy (non-hydrogen) atoms. The number of rotatable bonds is 6. The zero-order valence-corrected chi connectivity index (χ0v) is 12.0. The summed E-state index contributed by atoms with van der Waals surface area (Å²) in [6, 6.07) is 9.78. The summed E-state index contributed by atoms with van der Waals surface area (Å²) in [7, 11) is 0. The maximum atomic E-state index is 11.6. The van der Waals surface area contributed by atoms with Crippen LogP contribution in [-0.4, -0.2) is 45.8 Å². The summed E-state index contributed by atoms with van der Waals surface area (Å²) in [5.74, 6) is -1.24. The topological polar surface area (TPSA) is 89.9 Å². The summed E-state index contributed by atoms with van der Waals surface area (Å²) in [4.78, 5) is 23.7. The molecule has 6 heteroatoms. The number of benzene rings is 1. The number of carbonyl (C=O) groups is 2. The lowest BCUT2D eigenvalue weighted by Crippen LogP contribution is -2.72. The molecule has 1 aromatic carbocycles. The van der Waals surface area contributed by atoms with Crippen molar-refractivity contribution in [2.24, 2.45) is 5.92 Å². The van der Waals surface area contributed by atoms with E-state index in [-0.39, 0.29) is 18.9 Å². The van der Waals surface area contributed by atoms with Gasteiger partial charge in [0.2, 0.25) is 0 Å². The standard InChI is InChI=1S/C15H20N2O4/c1-11-10-17(14(20)21)15(11,13(18)19)7-8-16-9-12-5-3-2-4-6-12/h2-6,11,16H,7-10H2,1H3,(H,18,19)(H,20,21). The zero-order valence-electron chi connectivity index (χ0n) is 12.0. The summed E-state index contributed by atoms with van der Waals surface area (Å²) in [5, 5.41) is 21.7. The monoisotopic (exact) mass is 292 g/mol. The van der Waals surface area contributed by atoms with Gasteiger partial charge in [-0.25, -0.2) is 9.59 Å². The van der Waals surface area contributed by atoms with E-state index in [0.29, 0.717) is 13.1 Å². The lowest BCUT2D eigenvalue weighted by atomic mass is 9.73. The third kappa shape index (κ3) is 2.85. The van der Waals surface area contributed by atoms with Crippen LogP contribution in [0, 0.1) is 5.92 Å². The lowest BCUT2D eigenvalue weighted by Gasteiger charge is -2.53. The van der Waals surface area contributed by atoms with Crippen molar-refractivity contribution >= 4 is 12.1 Å². The molecule has 0 bridgehead atoms. The number of hydrogen-bond donors (Lipinski definition) is 3. The number of nitrogens with one attached hydrogen (secondary N) is 1. The van der Waals surface area contributed by atoms with Gasteiger partial charge in [-0.15, -0.1) is 0 Å². The fourth-order valence-electron chi connectivity index (χ4n) is 2.91. The van der Waals surface area contributed by atoms with Crippen LogP contribution < -0.4 is 5.32 Å². The molecular weight excluding hydrogens is 272 g/mol. The van der Waals surface area contributed by atoms with E-state index in [1.54, 1.807) is 6.92 Å². The van der Waals surface area contributed by atoms with Crippen molar-refractivity contribution < 1.29 is 19.8 Å². The first-order valence-electron chi connectivity index (χ1n) is 6.97. The first-order valence-corrected chi connectivity index (χ1v) is 6.97. The molecule has 114 valence electrons. The van der Waals surface area contributed by atoms with Crippen molar-refractivity contribution in [3.63, 3.8) is 0 Å². The lowest BCUT2D eigenvalue weighted by molar-refractivity contribution is -0.167. The number of likely N-dealkylation sites (tertiary alicyclic amines) is 1. The van der Waals surface area contributed by atoms with Crippen LogP contribution in [0.3, 0.4) is 0 Å². The van der Waals surface area contributed by atoms with Gasteiger partial charge < -0.3 is 15.5 Å². The van der Waals surface area contributed by atoms with Crippen molar-refractivity contribution in [3.8, 4) is 0 Å². The molecule has 1 aliphatic heterocycles.